The fourth-order valence-electron chi connectivity index (χ4n) is 4.54. The Balaban J connectivity index is 1.42. The number of aromatic nitrogens is 2. The number of hydrogen-bond acceptors (Lipinski definition) is 4. The molecule has 3 aromatic carbocycles. The van der Waals surface area contributed by atoms with Crippen molar-refractivity contribution in [1.82, 2.24) is 14.5 Å². The molecule has 0 radical (unpaired) electrons. The highest BCUT2D eigenvalue weighted by molar-refractivity contribution is 5.88. The van der Waals surface area contributed by atoms with Crippen LogP contribution in [-0.2, 0) is 13.1 Å². The molecular formula is C25H28N4O. The zero-order valence-corrected chi connectivity index (χ0v) is 17.2. The molecule has 2 heterocycles. The van der Waals surface area contributed by atoms with Crippen LogP contribution in [0.5, 0.6) is 5.75 Å². The summed E-state index contributed by atoms with van der Waals surface area (Å²) in [6.07, 6.45) is 3.96. The summed E-state index contributed by atoms with van der Waals surface area (Å²) in [6.45, 7) is 4.86. The molecule has 1 aromatic heterocycles. The summed E-state index contributed by atoms with van der Waals surface area (Å²) in [6, 6.07) is 20.2. The first-order valence-corrected chi connectivity index (χ1v) is 10.9. The van der Waals surface area contributed by atoms with Gasteiger partial charge in [-0.3, -0.25) is 0 Å². The Hall–Kier alpha value is -3.05. The number of piperidine rings is 1. The molecule has 0 aliphatic carbocycles. The lowest BCUT2D eigenvalue weighted by molar-refractivity contribution is 0.222. The summed E-state index contributed by atoms with van der Waals surface area (Å²) in [5.41, 5.74) is 3.06. The Kier molecular flexibility index (Phi) is 5.28. The van der Waals surface area contributed by atoms with Crippen molar-refractivity contribution in [2.24, 2.45) is 0 Å². The summed E-state index contributed by atoms with van der Waals surface area (Å²) in [7, 11) is 0. The van der Waals surface area contributed by atoms with Gasteiger partial charge in [-0.1, -0.05) is 48.9 Å². The molecule has 0 saturated carbocycles. The number of phenols is 1. The molecule has 0 spiro atoms. The van der Waals surface area contributed by atoms with Gasteiger partial charge in [-0.05, 0) is 54.9 Å². The normalized spacial score (nSPS) is 15.1. The molecule has 0 bridgehead atoms. The van der Waals surface area contributed by atoms with Crippen molar-refractivity contribution in [2.45, 2.75) is 32.4 Å². The lowest BCUT2D eigenvalue weighted by atomic mass is 10.0. The summed E-state index contributed by atoms with van der Waals surface area (Å²) >= 11 is 0. The van der Waals surface area contributed by atoms with Crippen LogP contribution in [0.3, 0.4) is 0 Å². The van der Waals surface area contributed by atoms with Crippen LogP contribution in [0.1, 0.15) is 24.8 Å². The van der Waals surface area contributed by atoms with Gasteiger partial charge in [0.25, 0.3) is 0 Å². The number of hydrogen-bond donors (Lipinski definition) is 2. The van der Waals surface area contributed by atoms with Crippen molar-refractivity contribution in [1.29, 1.82) is 0 Å². The Morgan fingerprint density at radius 1 is 0.867 bits per heavy atom. The van der Waals surface area contributed by atoms with Gasteiger partial charge >= 0.3 is 0 Å². The number of nitrogens with one attached hydrogen (secondary N) is 1. The van der Waals surface area contributed by atoms with E-state index in [0.717, 1.165) is 46.4 Å². The van der Waals surface area contributed by atoms with Crippen molar-refractivity contribution in [3.63, 3.8) is 0 Å². The Labute approximate surface area is 177 Å². The third-order valence-corrected chi connectivity index (χ3v) is 6.18. The lowest BCUT2D eigenvalue weighted by Gasteiger charge is -2.26. The van der Waals surface area contributed by atoms with Gasteiger partial charge in [0.05, 0.1) is 11.0 Å². The topological polar surface area (TPSA) is 53.3 Å². The number of nitrogens with zero attached hydrogens (tertiary/aromatic N) is 3. The Morgan fingerprint density at radius 3 is 2.57 bits per heavy atom. The highest BCUT2D eigenvalue weighted by Crippen LogP contribution is 2.28. The SMILES string of the molecule is Oc1ccc2ccccc2c1CNc1nc2ccccc2n1CCN1CCCCC1. The molecule has 5 nitrogen and oxygen atoms in total. The maximum Gasteiger partial charge on any atom is 0.204 e. The fraction of sp³-hybridized carbons (Fsp3) is 0.320. The zero-order valence-electron chi connectivity index (χ0n) is 17.2. The Morgan fingerprint density at radius 2 is 1.67 bits per heavy atom. The van der Waals surface area contributed by atoms with Crippen molar-refractivity contribution in [3.05, 3.63) is 66.2 Å². The second-order valence-electron chi connectivity index (χ2n) is 8.12. The molecule has 1 aliphatic rings. The van der Waals surface area contributed by atoms with E-state index in [1.165, 1.54) is 32.4 Å². The average molecular weight is 401 g/mol. The van der Waals surface area contributed by atoms with Crippen molar-refractivity contribution >= 4 is 27.8 Å². The average Bonchev–Trinajstić information content (AvgIpc) is 3.15. The first-order valence-electron chi connectivity index (χ1n) is 10.9. The number of benzene rings is 3. The molecule has 5 heteroatoms. The van der Waals surface area contributed by atoms with Gasteiger partial charge in [0, 0.05) is 25.2 Å². The van der Waals surface area contributed by atoms with E-state index < -0.39 is 0 Å². The first-order chi connectivity index (χ1) is 14.8. The standard InChI is InChI=1S/C25H28N4O/c30-24-13-12-19-8-2-3-9-20(19)21(24)18-26-25-27-22-10-4-5-11-23(22)29(25)17-16-28-14-6-1-7-15-28/h2-5,8-13,30H,1,6-7,14-18H2,(H,26,27). The molecular weight excluding hydrogens is 372 g/mol. The van der Waals surface area contributed by atoms with Crippen LogP contribution in [-0.4, -0.2) is 39.2 Å². The van der Waals surface area contributed by atoms with Crippen LogP contribution in [0.15, 0.2) is 60.7 Å². The van der Waals surface area contributed by atoms with Gasteiger partial charge in [0.15, 0.2) is 0 Å². The smallest absolute Gasteiger partial charge is 0.204 e. The van der Waals surface area contributed by atoms with Gasteiger partial charge in [0.1, 0.15) is 5.75 Å². The van der Waals surface area contributed by atoms with E-state index in [0.29, 0.717) is 12.3 Å². The number of para-hydroxylation sites is 2. The number of fused-ring (bicyclic) bond motifs is 2. The molecule has 0 unspecified atom stereocenters. The third-order valence-electron chi connectivity index (χ3n) is 6.18. The molecule has 1 fully saturated rings. The van der Waals surface area contributed by atoms with Crippen LogP contribution in [0, 0.1) is 0 Å². The number of rotatable bonds is 6. The summed E-state index contributed by atoms with van der Waals surface area (Å²) in [4.78, 5) is 7.41. The molecule has 30 heavy (non-hydrogen) atoms. The second kappa shape index (κ2) is 8.36. The minimum Gasteiger partial charge on any atom is -0.508 e. The Bertz CT molecular complexity index is 1160. The summed E-state index contributed by atoms with van der Waals surface area (Å²) in [5, 5.41) is 16.2. The molecule has 154 valence electrons. The summed E-state index contributed by atoms with van der Waals surface area (Å²) < 4.78 is 2.28. The predicted octanol–water partition coefficient (Wildman–Crippen LogP) is 4.99. The number of anilines is 1. The molecule has 4 aromatic rings. The van der Waals surface area contributed by atoms with Gasteiger partial charge in [-0.25, -0.2) is 4.98 Å². The largest absolute Gasteiger partial charge is 0.508 e. The molecule has 1 aliphatic heterocycles. The second-order valence-corrected chi connectivity index (χ2v) is 8.12. The van der Waals surface area contributed by atoms with Gasteiger partial charge in [0.2, 0.25) is 5.95 Å². The van der Waals surface area contributed by atoms with E-state index in [9.17, 15) is 5.11 Å². The first kappa shape index (κ1) is 18.9. The van der Waals surface area contributed by atoms with E-state index in [1.54, 1.807) is 6.07 Å². The van der Waals surface area contributed by atoms with Gasteiger partial charge < -0.3 is 19.9 Å². The maximum absolute atomic E-state index is 10.5. The highest BCUT2D eigenvalue weighted by atomic mass is 16.3. The minimum atomic E-state index is 0.317. The minimum absolute atomic E-state index is 0.317. The zero-order chi connectivity index (χ0) is 20.3. The highest BCUT2D eigenvalue weighted by Gasteiger charge is 2.15. The van der Waals surface area contributed by atoms with E-state index in [-0.39, 0.29) is 0 Å². The monoisotopic (exact) mass is 400 g/mol. The van der Waals surface area contributed by atoms with Crippen LogP contribution in [0.25, 0.3) is 21.8 Å². The van der Waals surface area contributed by atoms with E-state index in [2.05, 4.69) is 45.1 Å². The molecule has 0 atom stereocenters. The van der Waals surface area contributed by atoms with Crippen LogP contribution in [0.2, 0.25) is 0 Å². The van der Waals surface area contributed by atoms with Crippen molar-refractivity contribution in [2.75, 3.05) is 25.0 Å². The molecule has 1 saturated heterocycles. The molecule has 5 rings (SSSR count). The van der Waals surface area contributed by atoms with Crippen molar-refractivity contribution in [3.8, 4) is 5.75 Å². The van der Waals surface area contributed by atoms with Crippen molar-refractivity contribution < 1.29 is 5.11 Å². The van der Waals surface area contributed by atoms with E-state index in [1.807, 2.05) is 24.3 Å². The van der Waals surface area contributed by atoms with E-state index >= 15 is 0 Å². The van der Waals surface area contributed by atoms with E-state index in [4.69, 9.17) is 4.98 Å². The predicted molar refractivity (Wildman–Crippen MR) is 123 cm³/mol. The van der Waals surface area contributed by atoms with Crippen LogP contribution >= 0.6 is 0 Å². The lowest BCUT2D eigenvalue weighted by Crippen LogP contribution is -2.32. The fourth-order valence-corrected chi connectivity index (χ4v) is 4.54. The van der Waals surface area contributed by atoms with Crippen LogP contribution in [0.4, 0.5) is 5.95 Å². The van der Waals surface area contributed by atoms with Crippen LogP contribution < -0.4 is 5.32 Å². The van der Waals surface area contributed by atoms with Gasteiger partial charge in [-0.2, -0.15) is 0 Å². The molecule has 0 amide bonds. The van der Waals surface area contributed by atoms with Gasteiger partial charge in [-0.15, -0.1) is 0 Å². The molecule has 2 N–H and O–H groups in total. The number of aromatic hydroxyl groups is 1. The number of imidazole rings is 1. The third kappa shape index (κ3) is 3.73. The number of phenolic OH excluding ortho intramolecular Hbond substituents is 1. The summed E-state index contributed by atoms with van der Waals surface area (Å²) in [5.74, 6) is 1.18. The maximum atomic E-state index is 10.5. The quantitative estimate of drug-likeness (QED) is 0.479. The number of likely N-dealkylation sites (tertiary alicyclic amines) is 1.